The molecule has 9 nitrogen and oxygen atoms in total. The number of aromatic nitrogens is 4. The molecule has 10 heteroatoms. The molecule has 0 radical (unpaired) electrons. The van der Waals surface area contributed by atoms with Crippen LogP contribution in [0.25, 0.3) is 5.65 Å². The van der Waals surface area contributed by atoms with Crippen molar-refractivity contribution in [2.75, 3.05) is 13.1 Å². The fourth-order valence-corrected chi connectivity index (χ4v) is 3.52. The van der Waals surface area contributed by atoms with E-state index in [9.17, 15) is 14.7 Å². The van der Waals surface area contributed by atoms with E-state index in [1.54, 1.807) is 11.1 Å². The molecule has 1 aromatic carbocycles. The van der Waals surface area contributed by atoms with Gasteiger partial charge in [-0.2, -0.15) is 5.10 Å². The number of imidazole rings is 1. The number of hydrogen-bond acceptors (Lipinski definition) is 6. The molecule has 0 saturated carbocycles. The molecule has 29 heavy (non-hydrogen) atoms. The van der Waals surface area contributed by atoms with E-state index in [2.05, 4.69) is 10.1 Å². The second kappa shape index (κ2) is 7.71. The van der Waals surface area contributed by atoms with Crippen LogP contribution < -0.4 is 11.2 Å². The molecular formula is C19H22BN5O4. The fourth-order valence-electron chi connectivity index (χ4n) is 3.52. The van der Waals surface area contributed by atoms with Crippen molar-refractivity contribution in [2.24, 2.45) is 0 Å². The van der Waals surface area contributed by atoms with Crippen LogP contribution in [0.4, 0.5) is 4.79 Å². The van der Waals surface area contributed by atoms with Crippen LogP contribution >= 0.6 is 0 Å². The van der Waals surface area contributed by atoms with E-state index < -0.39 is 11.7 Å². The molecule has 0 unspecified atom stereocenters. The van der Waals surface area contributed by atoms with E-state index in [4.69, 9.17) is 4.74 Å². The van der Waals surface area contributed by atoms with Gasteiger partial charge in [-0.15, -0.1) is 0 Å². The van der Waals surface area contributed by atoms with Crippen LogP contribution in [0.15, 0.2) is 47.7 Å². The Kier molecular flexibility index (Phi) is 5.10. The van der Waals surface area contributed by atoms with E-state index in [0.29, 0.717) is 25.9 Å². The largest absolute Gasteiger partial charge is 0.445 e. The Labute approximate surface area is 168 Å². The first-order chi connectivity index (χ1) is 14.0. The van der Waals surface area contributed by atoms with Crippen LogP contribution in [0.3, 0.4) is 0 Å². The van der Waals surface area contributed by atoms with E-state index in [0.717, 1.165) is 11.2 Å². The van der Waals surface area contributed by atoms with Gasteiger partial charge in [0.15, 0.2) is 7.85 Å². The average molecular weight is 395 g/mol. The maximum absolute atomic E-state index is 12.6. The van der Waals surface area contributed by atoms with Gasteiger partial charge in [-0.1, -0.05) is 30.3 Å². The highest BCUT2D eigenvalue weighted by molar-refractivity contribution is 6.30. The lowest BCUT2D eigenvalue weighted by atomic mass is 9.91. The summed E-state index contributed by atoms with van der Waals surface area (Å²) in [7, 11) is 1.82. The Morgan fingerprint density at radius 3 is 2.69 bits per heavy atom. The van der Waals surface area contributed by atoms with Crippen LogP contribution in [-0.4, -0.2) is 61.8 Å². The van der Waals surface area contributed by atoms with Crippen molar-refractivity contribution in [3.05, 3.63) is 58.8 Å². The molecule has 1 aliphatic rings. The summed E-state index contributed by atoms with van der Waals surface area (Å²) in [6, 6.07) is 9.48. The van der Waals surface area contributed by atoms with Crippen LogP contribution in [-0.2, 0) is 17.9 Å². The van der Waals surface area contributed by atoms with E-state index in [-0.39, 0.29) is 24.4 Å². The van der Waals surface area contributed by atoms with Gasteiger partial charge < -0.3 is 14.7 Å². The molecule has 1 saturated heterocycles. The number of carbonyl (C=O) groups is 1. The molecule has 1 amide bonds. The normalized spacial score (nSPS) is 16.1. The number of rotatable bonds is 4. The van der Waals surface area contributed by atoms with Crippen molar-refractivity contribution in [3.63, 3.8) is 0 Å². The predicted molar refractivity (Wildman–Crippen MR) is 108 cm³/mol. The molecule has 0 bridgehead atoms. The minimum Gasteiger partial charge on any atom is -0.445 e. The quantitative estimate of drug-likeness (QED) is 0.587. The summed E-state index contributed by atoms with van der Waals surface area (Å²) in [4.78, 5) is 30.6. The summed E-state index contributed by atoms with van der Waals surface area (Å²) in [6.45, 7) is 1.04. The zero-order valence-electron chi connectivity index (χ0n) is 16.2. The van der Waals surface area contributed by atoms with Crippen molar-refractivity contribution >= 4 is 25.2 Å². The Bertz CT molecular complexity index is 1070. The summed E-state index contributed by atoms with van der Waals surface area (Å²) in [5.74, 6) is 0. The second-order valence-corrected chi connectivity index (χ2v) is 7.45. The molecule has 4 rings (SSSR count). The summed E-state index contributed by atoms with van der Waals surface area (Å²) in [5, 5.41) is 15.2. The van der Waals surface area contributed by atoms with Crippen molar-refractivity contribution in [1.82, 2.24) is 24.1 Å². The fraction of sp³-hybridized carbons (Fsp3) is 0.368. The number of piperidine rings is 1. The Balaban J connectivity index is 1.36. The number of aliphatic hydroxyl groups is 1. The summed E-state index contributed by atoms with van der Waals surface area (Å²) < 4.78 is 8.21. The molecule has 2 aromatic heterocycles. The van der Waals surface area contributed by atoms with Gasteiger partial charge in [-0.3, -0.25) is 9.36 Å². The van der Waals surface area contributed by atoms with Crippen molar-refractivity contribution in [3.8, 4) is 0 Å². The number of amides is 1. The van der Waals surface area contributed by atoms with Gasteiger partial charge in [-0.25, -0.2) is 14.3 Å². The highest BCUT2D eigenvalue weighted by atomic mass is 16.6. The number of likely N-dealkylation sites (tertiary alicyclic amines) is 1. The number of carbonyl (C=O) groups excluding carboxylic acids is 1. The van der Waals surface area contributed by atoms with Crippen LogP contribution in [0.2, 0.25) is 0 Å². The van der Waals surface area contributed by atoms with E-state index in [1.807, 2.05) is 38.2 Å². The summed E-state index contributed by atoms with van der Waals surface area (Å²) >= 11 is 0. The minimum atomic E-state index is -1.10. The third kappa shape index (κ3) is 4.02. The SMILES string of the molecule is Bc1cnc2c(=O)n(CC3(O)CCN(C(=O)OCc4ccccc4)CC3)cnn12. The third-order valence-corrected chi connectivity index (χ3v) is 5.29. The smallest absolute Gasteiger partial charge is 0.410 e. The molecule has 3 aromatic rings. The highest BCUT2D eigenvalue weighted by Crippen LogP contribution is 2.24. The lowest BCUT2D eigenvalue weighted by molar-refractivity contribution is -0.0339. The number of hydrogen-bond donors (Lipinski definition) is 1. The first-order valence-electron chi connectivity index (χ1n) is 9.53. The number of nitrogens with zero attached hydrogens (tertiary/aromatic N) is 5. The summed E-state index contributed by atoms with van der Waals surface area (Å²) in [6.07, 6.45) is 3.30. The number of benzene rings is 1. The van der Waals surface area contributed by atoms with Gasteiger partial charge in [-0.05, 0) is 18.4 Å². The summed E-state index contributed by atoms with van der Waals surface area (Å²) in [5.41, 5.74) is 0.528. The first-order valence-corrected chi connectivity index (χ1v) is 9.53. The zero-order valence-corrected chi connectivity index (χ0v) is 16.2. The standard InChI is InChI=1S/C19H22BN5O4/c20-15-10-21-16-17(26)24(13-22-25(15)16)12-19(28)6-8-23(9-7-19)18(27)29-11-14-4-2-1-3-5-14/h1-5,10,13,28H,6-9,11-12,20H2. The van der Waals surface area contributed by atoms with Crippen molar-refractivity contribution in [2.45, 2.75) is 31.6 Å². The first kappa shape index (κ1) is 19.2. The van der Waals surface area contributed by atoms with E-state index in [1.165, 1.54) is 15.4 Å². The van der Waals surface area contributed by atoms with Crippen LogP contribution in [0.1, 0.15) is 18.4 Å². The molecule has 3 heterocycles. The lowest BCUT2D eigenvalue weighted by Gasteiger charge is -2.37. The maximum Gasteiger partial charge on any atom is 0.410 e. The molecule has 1 aliphatic heterocycles. The average Bonchev–Trinajstić information content (AvgIpc) is 3.11. The van der Waals surface area contributed by atoms with Crippen LogP contribution in [0.5, 0.6) is 0 Å². The maximum atomic E-state index is 12.6. The predicted octanol–water partition coefficient (Wildman–Crippen LogP) is -0.687. The van der Waals surface area contributed by atoms with E-state index >= 15 is 0 Å². The van der Waals surface area contributed by atoms with Gasteiger partial charge in [0, 0.05) is 24.9 Å². The van der Waals surface area contributed by atoms with Gasteiger partial charge in [0.05, 0.1) is 12.1 Å². The third-order valence-electron chi connectivity index (χ3n) is 5.29. The van der Waals surface area contributed by atoms with Gasteiger partial charge in [0.1, 0.15) is 12.9 Å². The molecule has 1 fully saturated rings. The monoisotopic (exact) mass is 395 g/mol. The minimum absolute atomic E-state index is 0.105. The van der Waals surface area contributed by atoms with Gasteiger partial charge in [0.25, 0.3) is 5.56 Å². The van der Waals surface area contributed by atoms with Crippen molar-refractivity contribution < 1.29 is 14.6 Å². The number of fused-ring (bicyclic) bond motifs is 1. The lowest BCUT2D eigenvalue weighted by Crippen LogP contribution is -2.50. The molecule has 0 spiro atoms. The van der Waals surface area contributed by atoms with Gasteiger partial charge in [0.2, 0.25) is 5.65 Å². The van der Waals surface area contributed by atoms with Crippen molar-refractivity contribution in [1.29, 1.82) is 0 Å². The topological polar surface area (TPSA) is 102 Å². The Hall–Kier alpha value is -3.14. The molecule has 1 N–H and O–H groups in total. The molecular weight excluding hydrogens is 373 g/mol. The molecule has 150 valence electrons. The van der Waals surface area contributed by atoms with Gasteiger partial charge >= 0.3 is 6.09 Å². The molecule has 0 atom stereocenters. The second-order valence-electron chi connectivity index (χ2n) is 7.45. The number of ether oxygens (including phenoxy) is 1. The molecule has 0 aliphatic carbocycles. The Morgan fingerprint density at radius 1 is 1.24 bits per heavy atom. The zero-order chi connectivity index (χ0) is 20.4. The Morgan fingerprint density at radius 2 is 1.97 bits per heavy atom. The van der Waals surface area contributed by atoms with Crippen LogP contribution in [0, 0.1) is 0 Å². The highest BCUT2D eigenvalue weighted by Gasteiger charge is 2.35.